The van der Waals surface area contributed by atoms with Crippen LogP contribution in [0.25, 0.3) is 54.9 Å². The van der Waals surface area contributed by atoms with Gasteiger partial charge in [0.1, 0.15) is 5.69 Å². The fraction of sp³-hybridized carbons (Fsp3) is 0.0435. The number of aromatic nitrogens is 6. The lowest BCUT2D eigenvalue weighted by Gasteiger charge is -2.00. The second-order valence-corrected chi connectivity index (χ2v) is 8.45. The number of rotatable bonds is 3. The fourth-order valence-electron chi connectivity index (χ4n) is 3.76. The molecule has 30 heavy (non-hydrogen) atoms. The van der Waals surface area contributed by atoms with E-state index in [0.717, 1.165) is 50.0 Å². The third-order valence-corrected chi connectivity index (χ3v) is 6.26. The van der Waals surface area contributed by atoms with Crippen LogP contribution >= 0.6 is 11.3 Å². The number of aromatic amines is 2. The van der Waals surface area contributed by atoms with E-state index in [2.05, 4.69) is 61.3 Å². The topological polar surface area (TPSA) is 83.1 Å². The molecule has 0 saturated heterocycles. The summed E-state index contributed by atoms with van der Waals surface area (Å²) in [4.78, 5) is 19.1. The molecule has 0 aliphatic carbocycles. The molecule has 0 bridgehead atoms. The lowest BCUT2D eigenvalue weighted by molar-refractivity contribution is 1.11. The Labute approximate surface area is 175 Å². The lowest BCUT2D eigenvalue weighted by Crippen LogP contribution is -1.84. The summed E-state index contributed by atoms with van der Waals surface area (Å²) in [5, 5.41) is 9.84. The molecule has 0 aliphatic rings. The summed E-state index contributed by atoms with van der Waals surface area (Å²) in [5.74, 6) is 0. The molecule has 0 radical (unpaired) electrons. The molecule has 0 aliphatic heterocycles. The van der Waals surface area contributed by atoms with Crippen LogP contribution in [0.15, 0.2) is 67.4 Å². The van der Waals surface area contributed by atoms with Gasteiger partial charge in [0.25, 0.3) is 0 Å². The number of pyridine rings is 3. The molecule has 144 valence electrons. The third-order valence-electron chi connectivity index (χ3n) is 5.23. The number of hydrogen-bond donors (Lipinski definition) is 2. The summed E-state index contributed by atoms with van der Waals surface area (Å²) in [5.41, 5.74) is 6.75. The van der Waals surface area contributed by atoms with Gasteiger partial charge < -0.3 is 4.98 Å². The van der Waals surface area contributed by atoms with Gasteiger partial charge in [0.05, 0.1) is 34.8 Å². The first-order valence-corrected chi connectivity index (χ1v) is 10.4. The van der Waals surface area contributed by atoms with Crippen molar-refractivity contribution in [2.24, 2.45) is 0 Å². The van der Waals surface area contributed by atoms with E-state index in [9.17, 15) is 0 Å². The van der Waals surface area contributed by atoms with Crippen molar-refractivity contribution in [3.8, 4) is 33.1 Å². The lowest BCUT2D eigenvalue weighted by atomic mass is 10.1. The van der Waals surface area contributed by atoms with Crippen LogP contribution in [0.2, 0.25) is 0 Å². The van der Waals surface area contributed by atoms with E-state index in [-0.39, 0.29) is 0 Å². The number of thiophene rings is 1. The Kier molecular flexibility index (Phi) is 3.75. The third kappa shape index (κ3) is 2.71. The first-order valence-electron chi connectivity index (χ1n) is 9.55. The number of H-pyrrole nitrogens is 2. The molecular formula is C23H16N6S. The molecular weight excluding hydrogens is 392 g/mol. The predicted octanol–water partition coefficient (Wildman–Crippen LogP) is 5.60. The zero-order chi connectivity index (χ0) is 20.1. The van der Waals surface area contributed by atoms with Crippen molar-refractivity contribution in [2.45, 2.75) is 6.92 Å². The molecule has 6 aromatic heterocycles. The van der Waals surface area contributed by atoms with Gasteiger partial charge in [-0.05, 0) is 43.3 Å². The van der Waals surface area contributed by atoms with Crippen molar-refractivity contribution in [3.05, 3.63) is 72.3 Å². The van der Waals surface area contributed by atoms with Crippen LogP contribution < -0.4 is 0 Å². The van der Waals surface area contributed by atoms with Gasteiger partial charge in [0, 0.05) is 50.2 Å². The van der Waals surface area contributed by atoms with Crippen molar-refractivity contribution in [3.63, 3.8) is 0 Å². The van der Waals surface area contributed by atoms with Gasteiger partial charge >= 0.3 is 0 Å². The van der Waals surface area contributed by atoms with Crippen molar-refractivity contribution >= 4 is 33.1 Å². The highest BCUT2D eigenvalue weighted by atomic mass is 32.1. The largest absolute Gasteiger partial charge is 0.352 e. The maximum atomic E-state index is 4.58. The second-order valence-electron chi connectivity index (χ2n) is 7.16. The van der Waals surface area contributed by atoms with Crippen molar-refractivity contribution in [2.75, 3.05) is 0 Å². The maximum absolute atomic E-state index is 4.58. The molecule has 0 fully saturated rings. The van der Waals surface area contributed by atoms with E-state index in [1.807, 2.05) is 30.7 Å². The zero-order valence-corrected chi connectivity index (χ0v) is 16.9. The van der Waals surface area contributed by atoms with Crippen molar-refractivity contribution in [1.29, 1.82) is 0 Å². The molecule has 6 heterocycles. The van der Waals surface area contributed by atoms with Gasteiger partial charge in [-0.15, -0.1) is 11.3 Å². The summed E-state index contributed by atoms with van der Waals surface area (Å²) in [7, 11) is 0. The molecule has 6 nitrogen and oxygen atoms in total. The van der Waals surface area contributed by atoms with Crippen LogP contribution in [-0.4, -0.2) is 30.1 Å². The first kappa shape index (κ1) is 17.1. The van der Waals surface area contributed by atoms with E-state index in [0.29, 0.717) is 0 Å². The highest BCUT2D eigenvalue weighted by Gasteiger charge is 2.15. The van der Waals surface area contributed by atoms with Crippen LogP contribution in [0, 0.1) is 6.92 Å². The Morgan fingerprint density at radius 3 is 2.60 bits per heavy atom. The minimum absolute atomic E-state index is 0.868. The molecule has 0 amide bonds. The van der Waals surface area contributed by atoms with Gasteiger partial charge in [-0.25, -0.2) is 0 Å². The summed E-state index contributed by atoms with van der Waals surface area (Å²) >= 11 is 1.78. The van der Waals surface area contributed by atoms with Gasteiger partial charge in [0.2, 0.25) is 0 Å². The SMILES string of the molecule is Cc1ccc(-c2cncc3[nH]c(-c4n[nH]c5cnc(-c6ccncc6)cc45)cc23)s1. The van der Waals surface area contributed by atoms with E-state index < -0.39 is 0 Å². The van der Waals surface area contributed by atoms with E-state index >= 15 is 0 Å². The molecule has 0 spiro atoms. The Morgan fingerprint density at radius 2 is 1.77 bits per heavy atom. The van der Waals surface area contributed by atoms with Crippen LogP contribution in [0.1, 0.15) is 4.88 Å². The summed E-state index contributed by atoms with van der Waals surface area (Å²) in [6.45, 7) is 2.12. The number of nitrogens with zero attached hydrogens (tertiary/aromatic N) is 4. The Balaban J connectivity index is 1.52. The monoisotopic (exact) mass is 408 g/mol. The maximum Gasteiger partial charge on any atom is 0.116 e. The highest BCUT2D eigenvalue weighted by Crippen LogP contribution is 2.36. The van der Waals surface area contributed by atoms with Gasteiger partial charge in [-0.1, -0.05) is 0 Å². The minimum Gasteiger partial charge on any atom is -0.352 e. The predicted molar refractivity (Wildman–Crippen MR) is 120 cm³/mol. The number of nitrogens with one attached hydrogen (secondary N) is 2. The number of aryl methyl sites for hydroxylation is 1. The number of fused-ring (bicyclic) bond motifs is 2. The average Bonchev–Trinajstić information content (AvgIpc) is 3.51. The van der Waals surface area contributed by atoms with Crippen LogP contribution in [0.5, 0.6) is 0 Å². The normalized spacial score (nSPS) is 11.5. The van der Waals surface area contributed by atoms with Crippen LogP contribution in [0.3, 0.4) is 0 Å². The second kappa shape index (κ2) is 6.60. The summed E-state index contributed by atoms with van der Waals surface area (Å²) in [6, 6.07) is 12.4. The smallest absolute Gasteiger partial charge is 0.116 e. The Morgan fingerprint density at radius 1 is 0.867 bits per heavy atom. The quantitative estimate of drug-likeness (QED) is 0.399. The Bertz CT molecular complexity index is 1510. The van der Waals surface area contributed by atoms with Gasteiger partial charge in [-0.3, -0.25) is 20.1 Å². The van der Waals surface area contributed by atoms with Gasteiger partial charge in [-0.2, -0.15) is 5.10 Å². The molecule has 6 aromatic rings. The first-order chi connectivity index (χ1) is 14.8. The van der Waals surface area contributed by atoms with E-state index in [1.54, 1.807) is 23.7 Å². The average molecular weight is 408 g/mol. The Hall–Kier alpha value is -3.84. The van der Waals surface area contributed by atoms with Crippen LogP contribution in [0.4, 0.5) is 0 Å². The standard InChI is InChI=1S/C23H16N6S/c1-13-2-3-22(30-13)17-10-25-11-20-15(17)8-19(27-20)23-16-9-18(14-4-6-24-7-5-14)26-12-21(16)28-29-23/h2-12,27H,1H3,(H,28,29). The van der Waals surface area contributed by atoms with Crippen LogP contribution in [-0.2, 0) is 0 Å². The molecule has 6 rings (SSSR count). The van der Waals surface area contributed by atoms with Crippen molar-refractivity contribution in [1.82, 2.24) is 30.1 Å². The van der Waals surface area contributed by atoms with Gasteiger partial charge in [0.15, 0.2) is 0 Å². The molecule has 0 aromatic carbocycles. The molecule has 0 unspecified atom stereocenters. The fourth-order valence-corrected chi connectivity index (χ4v) is 4.65. The summed E-state index contributed by atoms with van der Waals surface area (Å²) < 4.78 is 0. The van der Waals surface area contributed by atoms with Crippen molar-refractivity contribution < 1.29 is 0 Å². The molecule has 2 N–H and O–H groups in total. The molecule has 0 saturated carbocycles. The minimum atomic E-state index is 0.868. The van der Waals surface area contributed by atoms with E-state index in [1.165, 1.54) is 9.75 Å². The zero-order valence-electron chi connectivity index (χ0n) is 16.0. The number of hydrogen-bond acceptors (Lipinski definition) is 5. The van der Waals surface area contributed by atoms with E-state index in [4.69, 9.17) is 0 Å². The summed E-state index contributed by atoms with van der Waals surface area (Å²) in [6.07, 6.45) is 9.17. The molecule has 0 atom stereocenters. The molecule has 7 heteroatoms. The highest BCUT2D eigenvalue weighted by molar-refractivity contribution is 7.15.